The number of aromatic nitrogens is 1. The van der Waals surface area contributed by atoms with Crippen LogP contribution in [0.4, 0.5) is 0 Å². The molecule has 1 heterocycles. The summed E-state index contributed by atoms with van der Waals surface area (Å²) < 4.78 is 0. The quantitative estimate of drug-likeness (QED) is 0.690. The maximum Gasteiger partial charge on any atom is 0.270 e. The zero-order valence-corrected chi connectivity index (χ0v) is 7.73. The van der Waals surface area contributed by atoms with Crippen LogP contribution >= 0.6 is 0 Å². The zero-order chi connectivity index (χ0) is 10.6. The molecule has 0 aliphatic heterocycles. The lowest BCUT2D eigenvalue weighted by Gasteiger charge is -2.08. The average molecular weight is 193 g/mol. The van der Waals surface area contributed by atoms with Crippen molar-refractivity contribution in [1.29, 1.82) is 0 Å². The second-order valence-corrected chi connectivity index (χ2v) is 2.81. The van der Waals surface area contributed by atoms with Crippen LogP contribution in [-0.2, 0) is 4.79 Å². The Morgan fingerprint density at radius 2 is 2.21 bits per heavy atom. The fraction of sp³-hybridized carbons (Fsp3) is 0.222. The first-order valence-electron chi connectivity index (χ1n) is 4.12. The van der Waals surface area contributed by atoms with Gasteiger partial charge in [0.25, 0.3) is 5.91 Å². The minimum atomic E-state index is -0.690. The molecule has 0 saturated heterocycles. The molecule has 0 aromatic carbocycles. The number of hydrogen-bond donors (Lipinski definition) is 2. The highest BCUT2D eigenvalue weighted by Gasteiger charge is 2.13. The summed E-state index contributed by atoms with van der Waals surface area (Å²) >= 11 is 0. The van der Waals surface area contributed by atoms with Crippen molar-refractivity contribution >= 4 is 11.8 Å². The van der Waals surface area contributed by atoms with Crippen molar-refractivity contribution in [3.05, 3.63) is 30.1 Å². The number of hydrogen-bond acceptors (Lipinski definition) is 3. The predicted molar refractivity (Wildman–Crippen MR) is 50.4 cm³/mol. The Hall–Kier alpha value is -1.91. The predicted octanol–water partition coefficient (Wildman–Crippen LogP) is -0.315. The van der Waals surface area contributed by atoms with Crippen LogP contribution in [0.15, 0.2) is 24.4 Å². The van der Waals surface area contributed by atoms with Gasteiger partial charge in [0.15, 0.2) is 0 Å². The molecular weight excluding hydrogens is 182 g/mol. The largest absolute Gasteiger partial charge is 0.368 e. The third-order valence-electron chi connectivity index (χ3n) is 1.67. The van der Waals surface area contributed by atoms with Gasteiger partial charge in [-0.1, -0.05) is 6.07 Å². The molecule has 1 unspecified atom stereocenters. The minimum absolute atomic E-state index is 0.264. The molecule has 14 heavy (non-hydrogen) atoms. The highest BCUT2D eigenvalue weighted by molar-refractivity contribution is 5.95. The van der Waals surface area contributed by atoms with Crippen LogP contribution in [-0.4, -0.2) is 22.8 Å². The summed E-state index contributed by atoms with van der Waals surface area (Å²) in [4.78, 5) is 25.9. The Morgan fingerprint density at radius 3 is 2.71 bits per heavy atom. The summed E-state index contributed by atoms with van der Waals surface area (Å²) in [5.74, 6) is -0.980. The topological polar surface area (TPSA) is 85.1 Å². The van der Waals surface area contributed by atoms with Crippen molar-refractivity contribution in [2.45, 2.75) is 13.0 Å². The van der Waals surface area contributed by atoms with E-state index in [1.807, 2.05) is 0 Å². The molecule has 2 amide bonds. The van der Waals surface area contributed by atoms with Crippen LogP contribution in [0.2, 0.25) is 0 Å². The first-order chi connectivity index (χ1) is 6.61. The second-order valence-electron chi connectivity index (χ2n) is 2.81. The molecule has 0 spiro atoms. The van der Waals surface area contributed by atoms with Crippen LogP contribution in [0, 0.1) is 0 Å². The minimum Gasteiger partial charge on any atom is -0.368 e. The molecule has 0 radical (unpaired) electrons. The number of carbonyl (C=O) groups is 2. The van der Waals surface area contributed by atoms with Crippen molar-refractivity contribution in [3.8, 4) is 0 Å². The van der Waals surface area contributed by atoms with Crippen LogP contribution < -0.4 is 11.1 Å². The Bertz CT molecular complexity index is 337. The van der Waals surface area contributed by atoms with Gasteiger partial charge in [0.2, 0.25) is 5.91 Å². The number of nitrogens with zero attached hydrogens (tertiary/aromatic N) is 1. The van der Waals surface area contributed by atoms with Crippen LogP contribution in [0.25, 0.3) is 0 Å². The van der Waals surface area contributed by atoms with Gasteiger partial charge in [-0.15, -0.1) is 0 Å². The number of primary amides is 1. The third kappa shape index (κ3) is 2.55. The lowest BCUT2D eigenvalue weighted by Crippen LogP contribution is -2.42. The smallest absolute Gasteiger partial charge is 0.270 e. The summed E-state index contributed by atoms with van der Waals surface area (Å²) in [6.07, 6.45) is 1.50. The van der Waals surface area contributed by atoms with Gasteiger partial charge in [-0.05, 0) is 19.1 Å². The molecule has 0 saturated carbocycles. The Kier molecular flexibility index (Phi) is 3.17. The molecule has 5 heteroatoms. The van der Waals surface area contributed by atoms with E-state index in [-0.39, 0.29) is 5.69 Å². The van der Waals surface area contributed by atoms with Crippen LogP contribution in [0.3, 0.4) is 0 Å². The van der Waals surface area contributed by atoms with Crippen molar-refractivity contribution in [1.82, 2.24) is 10.3 Å². The molecule has 5 nitrogen and oxygen atoms in total. The van der Waals surface area contributed by atoms with Gasteiger partial charge in [0.1, 0.15) is 11.7 Å². The summed E-state index contributed by atoms with van der Waals surface area (Å²) in [7, 11) is 0. The monoisotopic (exact) mass is 193 g/mol. The lowest BCUT2D eigenvalue weighted by atomic mass is 10.3. The second kappa shape index (κ2) is 4.36. The number of nitrogens with one attached hydrogen (secondary N) is 1. The summed E-state index contributed by atoms with van der Waals surface area (Å²) in [6.45, 7) is 1.52. The Balaban J connectivity index is 2.64. The maximum atomic E-state index is 11.4. The van der Waals surface area contributed by atoms with E-state index in [4.69, 9.17) is 5.73 Å². The molecule has 0 bridgehead atoms. The molecule has 0 aliphatic rings. The first kappa shape index (κ1) is 10.2. The van der Waals surface area contributed by atoms with E-state index in [2.05, 4.69) is 10.3 Å². The highest BCUT2D eigenvalue weighted by Crippen LogP contribution is 1.93. The van der Waals surface area contributed by atoms with Crippen molar-refractivity contribution < 1.29 is 9.59 Å². The number of pyridine rings is 1. The summed E-state index contributed by atoms with van der Waals surface area (Å²) in [5, 5.41) is 2.42. The van der Waals surface area contributed by atoms with Crippen LogP contribution in [0.5, 0.6) is 0 Å². The zero-order valence-electron chi connectivity index (χ0n) is 7.73. The van der Waals surface area contributed by atoms with Gasteiger partial charge in [0, 0.05) is 6.20 Å². The van der Waals surface area contributed by atoms with E-state index >= 15 is 0 Å². The van der Waals surface area contributed by atoms with Gasteiger partial charge < -0.3 is 11.1 Å². The SMILES string of the molecule is CC(NC(=O)c1ccccn1)C(N)=O. The molecule has 1 rings (SSSR count). The van der Waals surface area contributed by atoms with Crippen molar-refractivity contribution in [2.24, 2.45) is 5.73 Å². The molecular formula is C9H11N3O2. The highest BCUT2D eigenvalue weighted by atomic mass is 16.2. The molecule has 1 aromatic heterocycles. The molecule has 74 valence electrons. The van der Waals surface area contributed by atoms with Gasteiger partial charge in [-0.2, -0.15) is 0 Å². The van der Waals surface area contributed by atoms with E-state index in [9.17, 15) is 9.59 Å². The average Bonchev–Trinajstić information content (AvgIpc) is 2.19. The summed E-state index contributed by atoms with van der Waals surface area (Å²) in [5.41, 5.74) is 5.25. The fourth-order valence-electron chi connectivity index (χ4n) is 0.839. The van der Waals surface area contributed by atoms with E-state index in [1.165, 1.54) is 13.1 Å². The maximum absolute atomic E-state index is 11.4. The third-order valence-corrected chi connectivity index (χ3v) is 1.67. The normalized spacial score (nSPS) is 11.8. The van der Waals surface area contributed by atoms with E-state index in [0.717, 1.165) is 0 Å². The number of amides is 2. The number of carbonyl (C=O) groups excluding carboxylic acids is 2. The molecule has 3 N–H and O–H groups in total. The standard InChI is InChI=1S/C9H11N3O2/c1-6(8(10)13)12-9(14)7-4-2-3-5-11-7/h2-6H,1H3,(H2,10,13)(H,12,14). The van der Waals surface area contributed by atoms with Crippen LogP contribution in [0.1, 0.15) is 17.4 Å². The van der Waals surface area contributed by atoms with Crippen molar-refractivity contribution in [2.75, 3.05) is 0 Å². The summed E-state index contributed by atoms with van der Waals surface area (Å²) in [6, 6.07) is 4.26. The first-order valence-corrected chi connectivity index (χ1v) is 4.12. The van der Waals surface area contributed by atoms with Gasteiger partial charge in [-0.25, -0.2) is 0 Å². The molecule has 1 atom stereocenters. The van der Waals surface area contributed by atoms with E-state index in [1.54, 1.807) is 18.2 Å². The van der Waals surface area contributed by atoms with Gasteiger partial charge >= 0.3 is 0 Å². The van der Waals surface area contributed by atoms with Gasteiger partial charge in [-0.3, -0.25) is 14.6 Å². The van der Waals surface area contributed by atoms with Gasteiger partial charge in [0.05, 0.1) is 0 Å². The number of nitrogens with two attached hydrogens (primary N) is 1. The Labute approximate surface area is 81.3 Å². The Morgan fingerprint density at radius 1 is 1.50 bits per heavy atom. The van der Waals surface area contributed by atoms with E-state index in [0.29, 0.717) is 0 Å². The molecule has 0 fully saturated rings. The fourth-order valence-corrected chi connectivity index (χ4v) is 0.839. The molecule has 0 aliphatic carbocycles. The number of rotatable bonds is 3. The van der Waals surface area contributed by atoms with E-state index < -0.39 is 17.9 Å². The lowest BCUT2D eigenvalue weighted by molar-refractivity contribution is -0.119. The van der Waals surface area contributed by atoms with Crippen molar-refractivity contribution in [3.63, 3.8) is 0 Å². The molecule has 1 aromatic rings.